The molecule has 4 rings (SSSR count). The highest BCUT2D eigenvalue weighted by molar-refractivity contribution is 6.22. The van der Waals surface area contributed by atoms with Crippen LogP contribution in [0, 0.1) is 11.7 Å². The zero-order valence-electron chi connectivity index (χ0n) is 18.4. The molecule has 174 valence electrons. The van der Waals surface area contributed by atoms with Crippen LogP contribution in [0.2, 0.25) is 0 Å². The molecule has 0 unspecified atom stereocenters. The van der Waals surface area contributed by atoms with E-state index >= 15 is 0 Å². The van der Waals surface area contributed by atoms with E-state index in [0.29, 0.717) is 5.69 Å². The smallest absolute Gasteiger partial charge is 0.330 e. The molecule has 0 aliphatic carbocycles. The number of nitrogen functional groups attached to an aromatic ring is 1. The molecule has 2 heterocycles. The van der Waals surface area contributed by atoms with Crippen LogP contribution in [-0.2, 0) is 16.1 Å². The van der Waals surface area contributed by atoms with Crippen LogP contribution in [0.3, 0.4) is 0 Å². The second-order valence-corrected chi connectivity index (χ2v) is 7.89. The molecule has 3 N–H and O–H groups in total. The van der Waals surface area contributed by atoms with Gasteiger partial charge < -0.3 is 15.8 Å². The Morgan fingerprint density at radius 1 is 1.03 bits per heavy atom. The lowest BCUT2D eigenvalue weighted by Gasteiger charge is -2.27. The number of carbonyl (C=O) groups excluding carboxylic acids is 3. The van der Waals surface area contributed by atoms with E-state index in [2.05, 4.69) is 20.3 Å². The molecule has 2 aromatic carbocycles. The second kappa shape index (κ2) is 9.22. The normalized spacial score (nSPS) is 13.7. The third kappa shape index (κ3) is 4.53. The average Bonchev–Trinajstić information content (AvgIpc) is 3.04. The number of nitrogens with two attached hydrogens (primary N) is 1. The monoisotopic (exact) mass is 464 g/mol. The maximum absolute atomic E-state index is 13.1. The van der Waals surface area contributed by atoms with Crippen molar-refractivity contribution in [2.24, 2.45) is 5.92 Å². The van der Waals surface area contributed by atoms with E-state index in [0.717, 1.165) is 4.90 Å². The van der Waals surface area contributed by atoms with Crippen molar-refractivity contribution in [1.29, 1.82) is 0 Å². The molecule has 0 saturated carbocycles. The minimum atomic E-state index is -1.14. The van der Waals surface area contributed by atoms with Crippen molar-refractivity contribution in [2.45, 2.75) is 26.5 Å². The highest BCUT2D eigenvalue weighted by Gasteiger charge is 2.44. The molecular formula is C23H21FN6O4. The summed E-state index contributed by atoms with van der Waals surface area (Å²) >= 11 is 0. The van der Waals surface area contributed by atoms with Gasteiger partial charge in [0.2, 0.25) is 11.9 Å². The Bertz CT molecular complexity index is 1230. The summed E-state index contributed by atoms with van der Waals surface area (Å²) in [6.45, 7) is 3.05. The highest BCUT2D eigenvalue weighted by Crippen LogP contribution is 2.28. The van der Waals surface area contributed by atoms with Gasteiger partial charge in [-0.1, -0.05) is 26.0 Å². The SMILES string of the molecule is CC(C)[C@@H](C(=O)OCc1nc(N)nc(Nc2ccc(F)cc2)n1)N1C(=O)c2ccccc2C1=O. The lowest BCUT2D eigenvalue weighted by atomic mass is 10.0. The number of anilines is 3. The Hall–Kier alpha value is -4.41. The molecule has 3 aromatic rings. The number of carbonyl (C=O) groups is 3. The molecular weight excluding hydrogens is 443 g/mol. The van der Waals surface area contributed by atoms with Gasteiger partial charge in [-0.15, -0.1) is 0 Å². The van der Waals surface area contributed by atoms with E-state index in [1.807, 2.05) is 0 Å². The summed E-state index contributed by atoms with van der Waals surface area (Å²) in [5, 5.41) is 2.86. The summed E-state index contributed by atoms with van der Waals surface area (Å²) in [5.41, 5.74) is 6.74. The number of fused-ring (bicyclic) bond motifs is 1. The first-order valence-corrected chi connectivity index (χ1v) is 10.4. The van der Waals surface area contributed by atoms with E-state index < -0.39 is 35.6 Å². The summed E-state index contributed by atoms with van der Waals surface area (Å²) in [7, 11) is 0. The minimum absolute atomic E-state index is 0.0512. The zero-order valence-corrected chi connectivity index (χ0v) is 18.4. The van der Waals surface area contributed by atoms with Crippen LogP contribution < -0.4 is 11.1 Å². The van der Waals surface area contributed by atoms with E-state index in [9.17, 15) is 18.8 Å². The summed E-state index contributed by atoms with van der Waals surface area (Å²) in [4.78, 5) is 51.6. The number of rotatable bonds is 7. The molecule has 2 amide bonds. The van der Waals surface area contributed by atoms with E-state index in [-0.39, 0.29) is 35.5 Å². The molecule has 1 aliphatic heterocycles. The minimum Gasteiger partial charge on any atom is -0.456 e. The van der Waals surface area contributed by atoms with Gasteiger partial charge in [0, 0.05) is 5.69 Å². The van der Waals surface area contributed by atoms with Gasteiger partial charge in [-0.05, 0) is 42.3 Å². The van der Waals surface area contributed by atoms with Gasteiger partial charge in [-0.25, -0.2) is 9.18 Å². The topological polar surface area (TPSA) is 140 Å². The number of imide groups is 1. The number of amides is 2. The molecule has 10 nitrogen and oxygen atoms in total. The number of nitrogens with zero attached hydrogens (tertiary/aromatic N) is 4. The van der Waals surface area contributed by atoms with Crippen LogP contribution in [0.5, 0.6) is 0 Å². The Kier molecular flexibility index (Phi) is 6.17. The van der Waals surface area contributed by atoms with Gasteiger partial charge in [0.05, 0.1) is 11.1 Å². The molecule has 0 radical (unpaired) electrons. The molecule has 1 aromatic heterocycles. The molecule has 0 spiro atoms. The van der Waals surface area contributed by atoms with Crippen molar-refractivity contribution in [1.82, 2.24) is 19.9 Å². The number of hydrogen-bond acceptors (Lipinski definition) is 9. The number of aromatic nitrogens is 3. The maximum atomic E-state index is 13.1. The van der Waals surface area contributed by atoms with E-state index in [1.54, 1.807) is 38.1 Å². The van der Waals surface area contributed by atoms with Gasteiger partial charge >= 0.3 is 5.97 Å². The standard InChI is InChI=1S/C23H21FN6O4/c1-12(2)18(30-19(31)15-5-3-4-6-16(15)20(30)32)21(33)34-11-17-27-22(25)29-23(28-17)26-14-9-7-13(24)8-10-14/h3-10,12,18H,11H2,1-2H3,(H3,25,26,27,28,29)/t18-/m0/s1. The van der Waals surface area contributed by atoms with Crippen LogP contribution in [0.1, 0.15) is 40.4 Å². The predicted molar refractivity (Wildman–Crippen MR) is 119 cm³/mol. The molecule has 34 heavy (non-hydrogen) atoms. The number of benzene rings is 2. The Balaban J connectivity index is 1.49. The van der Waals surface area contributed by atoms with Gasteiger partial charge in [-0.2, -0.15) is 15.0 Å². The van der Waals surface area contributed by atoms with E-state index in [1.165, 1.54) is 24.3 Å². The molecule has 0 bridgehead atoms. The first kappa shape index (κ1) is 22.8. The predicted octanol–water partition coefficient (Wildman–Crippen LogP) is 2.70. The largest absolute Gasteiger partial charge is 0.456 e. The van der Waals surface area contributed by atoms with Crippen molar-refractivity contribution in [3.8, 4) is 0 Å². The third-order valence-corrected chi connectivity index (χ3v) is 5.12. The Labute approximate surface area is 194 Å². The molecule has 11 heteroatoms. The summed E-state index contributed by atoms with van der Waals surface area (Å²) in [5.74, 6) is -2.68. The molecule has 0 fully saturated rings. The lowest BCUT2D eigenvalue weighted by Crippen LogP contribution is -2.48. The van der Waals surface area contributed by atoms with Crippen molar-refractivity contribution in [2.75, 3.05) is 11.1 Å². The lowest BCUT2D eigenvalue weighted by molar-refractivity contribution is -0.151. The first-order chi connectivity index (χ1) is 16.2. The van der Waals surface area contributed by atoms with E-state index in [4.69, 9.17) is 10.5 Å². The summed E-state index contributed by atoms with van der Waals surface area (Å²) in [6, 6.07) is 10.8. The van der Waals surface area contributed by atoms with Crippen LogP contribution in [0.25, 0.3) is 0 Å². The van der Waals surface area contributed by atoms with Crippen molar-refractivity contribution in [3.05, 3.63) is 71.3 Å². The Morgan fingerprint density at radius 3 is 2.24 bits per heavy atom. The number of hydrogen-bond donors (Lipinski definition) is 2. The van der Waals surface area contributed by atoms with Crippen molar-refractivity contribution < 1.29 is 23.5 Å². The Morgan fingerprint density at radius 2 is 1.65 bits per heavy atom. The fourth-order valence-electron chi connectivity index (χ4n) is 3.58. The van der Waals surface area contributed by atoms with Crippen molar-refractivity contribution >= 4 is 35.4 Å². The van der Waals surface area contributed by atoms with Crippen molar-refractivity contribution in [3.63, 3.8) is 0 Å². The quantitative estimate of drug-likeness (QED) is 0.399. The number of esters is 1. The fraction of sp³-hybridized carbons (Fsp3) is 0.217. The van der Waals surface area contributed by atoms with Crippen LogP contribution in [0.4, 0.5) is 22.0 Å². The van der Waals surface area contributed by atoms with Crippen LogP contribution >= 0.6 is 0 Å². The van der Waals surface area contributed by atoms with Gasteiger partial charge in [0.15, 0.2) is 12.4 Å². The molecule has 0 saturated heterocycles. The first-order valence-electron chi connectivity index (χ1n) is 10.4. The number of nitrogens with one attached hydrogen (secondary N) is 1. The summed E-state index contributed by atoms with van der Waals surface area (Å²) < 4.78 is 18.5. The molecule has 1 atom stereocenters. The third-order valence-electron chi connectivity index (χ3n) is 5.12. The van der Waals surface area contributed by atoms with Gasteiger partial charge in [0.1, 0.15) is 11.9 Å². The zero-order chi connectivity index (χ0) is 24.4. The van der Waals surface area contributed by atoms with Crippen LogP contribution in [-0.4, -0.2) is 43.7 Å². The highest BCUT2D eigenvalue weighted by atomic mass is 19.1. The average molecular weight is 464 g/mol. The van der Waals surface area contributed by atoms with Gasteiger partial charge in [0.25, 0.3) is 11.8 Å². The fourth-order valence-corrected chi connectivity index (χ4v) is 3.58. The van der Waals surface area contributed by atoms with Gasteiger partial charge in [-0.3, -0.25) is 14.5 Å². The van der Waals surface area contributed by atoms with Crippen LogP contribution in [0.15, 0.2) is 48.5 Å². The molecule has 1 aliphatic rings. The summed E-state index contributed by atoms with van der Waals surface area (Å²) in [6.07, 6.45) is 0. The second-order valence-electron chi connectivity index (χ2n) is 7.89. The maximum Gasteiger partial charge on any atom is 0.330 e. The number of halogens is 1. The number of ether oxygens (including phenoxy) is 1.